The molecule has 0 aliphatic carbocycles. The van der Waals surface area contributed by atoms with Gasteiger partial charge in [-0.25, -0.2) is 0 Å². The molecule has 1 saturated heterocycles. The van der Waals surface area contributed by atoms with Gasteiger partial charge in [-0.1, -0.05) is 51.9 Å². The molecular weight excluding hydrogens is 202 g/mol. The maximum absolute atomic E-state index is 11.3. The molecule has 1 rings (SSSR count). The molecule has 3 heteroatoms. The lowest BCUT2D eigenvalue weighted by Gasteiger charge is -2.05. The number of hydrogen-bond donors (Lipinski definition) is 1. The zero-order valence-corrected chi connectivity index (χ0v) is 10.3. The fraction of sp³-hybridized carbons (Fsp3) is 0.846. The Kier molecular flexibility index (Phi) is 6.12. The molecule has 0 aromatic carbocycles. The van der Waals surface area contributed by atoms with Crippen LogP contribution in [0.4, 0.5) is 0 Å². The minimum atomic E-state index is -0.0991. The largest absolute Gasteiger partial charge is 0.296 e. The number of amides is 2. The molecule has 1 aliphatic heterocycles. The van der Waals surface area contributed by atoms with E-state index < -0.39 is 0 Å². The zero-order valence-electron chi connectivity index (χ0n) is 10.3. The Balaban J connectivity index is 1.95. The van der Waals surface area contributed by atoms with Gasteiger partial charge in [-0.2, -0.15) is 0 Å². The van der Waals surface area contributed by atoms with Gasteiger partial charge < -0.3 is 0 Å². The quantitative estimate of drug-likeness (QED) is 0.510. The number of rotatable bonds is 8. The average molecular weight is 225 g/mol. The SMILES string of the molecule is CCCCCCCCCC1CC(=O)NC1=O. The van der Waals surface area contributed by atoms with Crippen LogP contribution in [0, 0.1) is 5.92 Å². The highest BCUT2D eigenvalue weighted by molar-refractivity contribution is 6.03. The minimum absolute atomic E-state index is 0.0388. The van der Waals surface area contributed by atoms with Crippen molar-refractivity contribution in [3.63, 3.8) is 0 Å². The van der Waals surface area contributed by atoms with Crippen LogP contribution in [-0.2, 0) is 9.59 Å². The number of carbonyl (C=O) groups is 2. The summed E-state index contributed by atoms with van der Waals surface area (Å²) < 4.78 is 0. The van der Waals surface area contributed by atoms with E-state index in [0.29, 0.717) is 6.42 Å². The van der Waals surface area contributed by atoms with Crippen LogP contribution in [-0.4, -0.2) is 11.8 Å². The molecule has 1 heterocycles. The second kappa shape index (κ2) is 7.42. The van der Waals surface area contributed by atoms with E-state index >= 15 is 0 Å². The molecule has 0 spiro atoms. The maximum Gasteiger partial charge on any atom is 0.230 e. The number of nitrogens with one attached hydrogen (secondary N) is 1. The Bertz CT molecular complexity index is 238. The van der Waals surface area contributed by atoms with Crippen LogP contribution in [0.1, 0.15) is 64.7 Å². The highest BCUT2D eigenvalue weighted by Crippen LogP contribution is 2.19. The standard InChI is InChI=1S/C13H23NO2/c1-2-3-4-5-6-7-8-9-11-10-12(15)14-13(11)16/h11H,2-10H2,1H3,(H,14,15,16). The van der Waals surface area contributed by atoms with Gasteiger partial charge in [0.25, 0.3) is 0 Å². The van der Waals surface area contributed by atoms with Crippen molar-refractivity contribution in [2.45, 2.75) is 64.7 Å². The number of hydrogen-bond acceptors (Lipinski definition) is 2. The number of imide groups is 1. The molecule has 3 nitrogen and oxygen atoms in total. The van der Waals surface area contributed by atoms with E-state index in [1.165, 1.54) is 38.5 Å². The summed E-state index contributed by atoms with van der Waals surface area (Å²) in [6.07, 6.45) is 10.1. The van der Waals surface area contributed by atoms with Crippen molar-refractivity contribution in [1.82, 2.24) is 5.32 Å². The van der Waals surface area contributed by atoms with Crippen molar-refractivity contribution in [3.05, 3.63) is 0 Å². The zero-order chi connectivity index (χ0) is 11.8. The third kappa shape index (κ3) is 4.77. The van der Waals surface area contributed by atoms with Gasteiger partial charge in [0.05, 0.1) is 0 Å². The van der Waals surface area contributed by atoms with E-state index in [9.17, 15) is 9.59 Å². The lowest BCUT2D eigenvalue weighted by molar-refractivity contribution is -0.125. The van der Waals surface area contributed by atoms with Crippen molar-refractivity contribution in [1.29, 1.82) is 0 Å². The molecular formula is C13H23NO2. The van der Waals surface area contributed by atoms with Gasteiger partial charge in [-0.3, -0.25) is 14.9 Å². The van der Waals surface area contributed by atoms with Gasteiger partial charge in [0, 0.05) is 12.3 Å². The minimum Gasteiger partial charge on any atom is -0.296 e. The predicted molar refractivity (Wildman–Crippen MR) is 63.9 cm³/mol. The van der Waals surface area contributed by atoms with Crippen molar-refractivity contribution in [2.75, 3.05) is 0 Å². The smallest absolute Gasteiger partial charge is 0.230 e. The molecule has 1 atom stereocenters. The van der Waals surface area contributed by atoms with Gasteiger partial charge >= 0.3 is 0 Å². The molecule has 2 amide bonds. The molecule has 0 aromatic heterocycles. The third-order valence-electron chi connectivity index (χ3n) is 3.22. The second-order valence-corrected chi connectivity index (χ2v) is 4.72. The van der Waals surface area contributed by atoms with Gasteiger partial charge in [0.1, 0.15) is 0 Å². The lowest BCUT2D eigenvalue weighted by atomic mass is 9.99. The molecule has 1 fully saturated rings. The molecule has 16 heavy (non-hydrogen) atoms. The Morgan fingerprint density at radius 2 is 1.69 bits per heavy atom. The summed E-state index contributed by atoms with van der Waals surface area (Å²) in [5, 5.41) is 2.36. The summed E-state index contributed by atoms with van der Waals surface area (Å²) in [6, 6.07) is 0. The normalized spacial score (nSPS) is 20.2. The topological polar surface area (TPSA) is 46.2 Å². The average Bonchev–Trinajstić information content (AvgIpc) is 2.56. The summed E-state index contributed by atoms with van der Waals surface area (Å²) in [6.45, 7) is 2.22. The highest BCUT2D eigenvalue weighted by atomic mass is 16.2. The van der Waals surface area contributed by atoms with Crippen molar-refractivity contribution in [2.24, 2.45) is 5.92 Å². The Morgan fingerprint density at radius 1 is 1.06 bits per heavy atom. The summed E-state index contributed by atoms with van der Waals surface area (Å²) in [5.74, 6) is -0.197. The van der Waals surface area contributed by atoms with Crippen molar-refractivity contribution >= 4 is 11.8 Å². The van der Waals surface area contributed by atoms with Gasteiger partial charge in [0.15, 0.2) is 0 Å². The maximum atomic E-state index is 11.3. The van der Waals surface area contributed by atoms with Gasteiger partial charge in [-0.15, -0.1) is 0 Å². The van der Waals surface area contributed by atoms with E-state index in [-0.39, 0.29) is 17.7 Å². The third-order valence-corrected chi connectivity index (χ3v) is 3.22. The van der Waals surface area contributed by atoms with Crippen LogP contribution in [0.5, 0.6) is 0 Å². The monoisotopic (exact) mass is 225 g/mol. The van der Waals surface area contributed by atoms with Crippen LogP contribution in [0.25, 0.3) is 0 Å². The van der Waals surface area contributed by atoms with Crippen LogP contribution in [0.2, 0.25) is 0 Å². The summed E-state index contributed by atoms with van der Waals surface area (Å²) >= 11 is 0. The van der Waals surface area contributed by atoms with Crippen LogP contribution in [0.3, 0.4) is 0 Å². The molecule has 0 saturated carbocycles. The Morgan fingerprint density at radius 3 is 2.25 bits per heavy atom. The molecule has 1 N–H and O–H groups in total. The van der Waals surface area contributed by atoms with Gasteiger partial charge in [0.2, 0.25) is 11.8 Å². The molecule has 0 radical (unpaired) electrons. The van der Waals surface area contributed by atoms with Crippen LogP contribution in [0.15, 0.2) is 0 Å². The Labute approximate surface area is 98.0 Å². The molecule has 92 valence electrons. The first-order valence-corrected chi connectivity index (χ1v) is 6.57. The fourth-order valence-electron chi connectivity index (χ4n) is 2.19. The first-order valence-electron chi connectivity index (χ1n) is 6.57. The van der Waals surface area contributed by atoms with Crippen LogP contribution >= 0.6 is 0 Å². The second-order valence-electron chi connectivity index (χ2n) is 4.72. The molecule has 1 aliphatic rings. The molecule has 1 unspecified atom stereocenters. The molecule has 0 bridgehead atoms. The van der Waals surface area contributed by atoms with Crippen molar-refractivity contribution in [3.8, 4) is 0 Å². The highest BCUT2D eigenvalue weighted by Gasteiger charge is 2.29. The van der Waals surface area contributed by atoms with E-state index in [1.54, 1.807) is 0 Å². The molecule has 0 aromatic rings. The summed E-state index contributed by atoms with van der Waals surface area (Å²) in [4.78, 5) is 22.2. The number of carbonyl (C=O) groups excluding carboxylic acids is 2. The van der Waals surface area contributed by atoms with Crippen molar-refractivity contribution < 1.29 is 9.59 Å². The van der Waals surface area contributed by atoms with Gasteiger partial charge in [-0.05, 0) is 6.42 Å². The summed E-state index contributed by atoms with van der Waals surface area (Å²) in [7, 11) is 0. The van der Waals surface area contributed by atoms with E-state index in [1.807, 2.05) is 0 Å². The fourth-order valence-corrected chi connectivity index (χ4v) is 2.19. The lowest BCUT2D eigenvalue weighted by Crippen LogP contribution is -2.21. The first kappa shape index (κ1) is 13.2. The first-order chi connectivity index (χ1) is 7.74. The van der Waals surface area contributed by atoms with Crippen LogP contribution < -0.4 is 5.32 Å². The summed E-state index contributed by atoms with van der Waals surface area (Å²) in [5.41, 5.74) is 0. The van der Waals surface area contributed by atoms with E-state index in [2.05, 4.69) is 12.2 Å². The van der Waals surface area contributed by atoms with E-state index in [0.717, 1.165) is 12.8 Å². The number of unbranched alkanes of at least 4 members (excludes halogenated alkanes) is 6. The van der Waals surface area contributed by atoms with E-state index in [4.69, 9.17) is 0 Å². The Hall–Kier alpha value is -0.860. The predicted octanol–water partition coefficient (Wildman–Crippen LogP) is 2.79.